The fourth-order valence-electron chi connectivity index (χ4n) is 2.82. The second kappa shape index (κ2) is 7.99. The molecule has 1 heterocycles. The molecule has 3 rings (SSSR count). The Kier molecular flexibility index (Phi) is 5.49. The van der Waals surface area contributed by atoms with Gasteiger partial charge in [0.15, 0.2) is 11.6 Å². The molecule has 1 aromatic heterocycles. The van der Waals surface area contributed by atoms with Gasteiger partial charge in [-0.15, -0.1) is 0 Å². The van der Waals surface area contributed by atoms with Crippen LogP contribution in [-0.2, 0) is 18.3 Å². The van der Waals surface area contributed by atoms with Crippen LogP contribution in [0.3, 0.4) is 0 Å². The molecule has 5 nitrogen and oxygen atoms in total. The lowest BCUT2D eigenvalue weighted by molar-refractivity contribution is -0.121. The maximum Gasteiger partial charge on any atom is 0.225 e. The van der Waals surface area contributed by atoms with Crippen molar-refractivity contribution in [1.82, 2.24) is 14.9 Å². The lowest BCUT2D eigenvalue weighted by atomic mass is 10.0. The predicted molar refractivity (Wildman–Crippen MR) is 96.2 cm³/mol. The number of hydrogen-bond donors (Lipinski definition) is 1. The lowest BCUT2D eigenvalue weighted by Crippen LogP contribution is -2.32. The Morgan fingerprint density at radius 3 is 2.56 bits per heavy atom. The zero-order chi connectivity index (χ0) is 19.4. The number of rotatable bonds is 6. The van der Waals surface area contributed by atoms with Crippen molar-refractivity contribution in [2.75, 3.05) is 7.11 Å². The van der Waals surface area contributed by atoms with Crippen molar-refractivity contribution >= 4 is 5.91 Å². The Bertz CT molecular complexity index is 939. The molecule has 1 atom stereocenters. The van der Waals surface area contributed by atoms with Crippen molar-refractivity contribution in [2.24, 2.45) is 7.05 Å². The highest BCUT2D eigenvalue weighted by Crippen LogP contribution is 2.22. The number of imidazole rings is 1. The molecule has 0 spiro atoms. The van der Waals surface area contributed by atoms with Crippen molar-refractivity contribution in [3.05, 3.63) is 83.4 Å². The van der Waals surface area contributed by atoms with E-state index in [4.69, 9.17) is 4.74 Å². The van der Waals surface area contributed by atoms with Gasteiger partial charge in [0, 0.05) is 19.4 Å². The van der Waals surface area contributed by atoms with Gasteiger partial charge in [-0.3, -0.25) is 4.79 Å². The van der Waals surface area contributed by atoms with E-state index in [1.165, 1.54) is 31.4 Å². The molecule has 140 valence electrons. The first kappa shape index (κ1) is 18.6. The van der Waals surface area contributed by atoms with E-state index in [1.807, 2.05) is 7.05 Å². The number of hydrogen-bond acceptors (Lipinski definition) is 3. The third-order valence-electron chi connectivity index (χ3n) is 4.21. The minimum atomic E-state index is -0.554. The number of methoxy groups -OCH3 is 1. The van der Waals surface area contributed by atoms with Crippen LogP contribution in [0.5, 0.6) is 5.75 Å². The molecule has 0 aliphatic carbocycles. The number of aryl methyl sites for hydroxylation is 1. The molecule has 0 aliphatic rings. The summed E-state index contributed by atoms with van der Waals surface area (Å²) in [7, 11) is 3.19. The second-order valence-electron chi connectivity index (χ2n) is 6.09. The minimum absolute atomic E-state index is 0.0109. The first-order valence-electron chi connectivity index (χ1n) is 8.32. The molecule has 0 radical (unpaired) electrons. The lowest BCUT2D eigenvalue weighted by Gasteiger charge is -2.19. The Labute approximate surface area is 155 Å². The van der Waals surface area contributed by atoms with Gasteiger partial charge in [0.25, 0.3) is 0 Å². The number of ether oxygens (including phenoxy) is 1. The molecule has 3 aromatic rings. The SMILES string of the molecule is COc1ccc(CC(=O)N[C@H](c2ccc(F)cc2)c2nccn2C)cc1F. The van der Waals surface area contributed by atoms with E-state index >= 15 is 0 Å². The summed E-state index contributed by atoms with van der Waals surface area (Å²) in [5.41, 5.74) is 1.21. The number of benzene rings is 2. The summed E-state index contributed by atoms with van der Waals surface area (Å²) in [4.78, 5) is 16.8. The van der Waals surface area contributed by atoms with Crippen LogP contribution in [0, 0.1) is 11.6 Å². The van der Waals surface area contributed by atoms with E-state index < -0.39 is 11.9 Å². The molecule has 0 saturated carbocycles. The van der Waals surface area contributed by atoms with Gasteiger partial charge in [-0.05, 0) is 35.4 Å². The number of nitrogens with one attached hydrogen (secondary N) is 1. The maximum atomic E-state index is 13.8. The zero-order valence-corrected chi connectivity index (χ0v) is 14.9. The van der Waals surface area contributed by atoms with Crippen LogP contribution in [0.15, 0.2) is 54.9 Å². The third kappa shape index (κ3) is 4.31. The zero-order valence-electron chi connectivity index (χ0n) is 14.9. The first-order chi connectivity index (χ1) is 13.0. The van der Waals surface area contributed by atoms with Crippen LogP contribution in [0.2, 0.25) is 0 Å². The molecule has 27 heavy (non-hydrogen) atoms. The maximum absolute atomic E-state index is 13.8. The summed E-state index contributed by atoms with van der Waals surface area (Å²) in [5, 5.41) is 2.89. The average Bonchev–Trinajstić information content (AvgIpc) is 3.06. The Morgan fingerprint density at radius 1 is 1.22 bits per heavy atom. The van der Waals surface area contributed by atoms with Crippen LogP contribution in [0.1, 0.15) is 23.0 Å². The van der Waals surface area contributed by atoms with Crippen molar-refractivity contribution in [1.29, 1.82) is 0 Å². The highest BCUT2D eigenvalue weighted by Gasteiger charge is 2.21. The normalized spacial score (nSPS) is 11.9. The van der Waals surface area contributed by atoms with E-state index in [0.29, 0.717) is 17.0 Å². The first-order valence-corrected chi connectivity index (χ1v) is 8.32. The van der Waals surface area contributed by atoms with Crippen molar-refractivity contribution in [3.8, 4) is 5.75 Å². The largest absolute Gasteiger partial charge is 0.494 e. The van der Waals surface area contributed by atoms with Crippen molar-refractivity contribution < 1.29 is 18.3 Å². The topological polar surface area (TPSA) is 56.1 Å². The Balaban J connectivity index is 1.81. The third-order valence-corrected chi connectivity index (χ3v) is 4.21. The second-order valence-corrected chi connectivity index (χ2v) is 6.09. The number of aromatic nitrogens is 2. The van der Waals surface area contributed by atoms with Gasteiger partial charge in [-0.2, -0.15) is 0 Å². The van der Waals surface area contributed by atoms with Gasteiger partial charge in [-0.25, -0.2) is 13.8 Å². The summed E-state index contributed by atoms with van der Waals surface area (Å²) in [6.07, 6.45) is 3.37. The molecule has 0 unspecified atom stereocenters. The summed E-state index contributed by atoms with van der Waals surface area (Å²) in [6.45, 7) is 0. The van der Waals surface area contributed by atoms with Gasteiger partial charge >= 0.3 is 0 Å². The Hall–Kier alpha value is -3.22. The quantitative estimate of drug-likeness (QED) is 0.724. The van der Waals surface area contributed by atoms with Gasteiger partial charge < -0.3 is 14.6 Å². The van der Waals surface area contributed by atoms with E-state index in [2.05, 4.69) is 10.3 Å². The number of carbonyl (C=O) groups is 1. The molecule has 0 saturated heterocycles. The van der Waals surface area contributed by atoms with Crippen LogP contribution >= 0.6 is 0 Å². The highest BCUT2D eigenvalue weighted by atomic mass is 19.1. The van der Waals surface area contributed by atoms with Gasteiger partial charge in [-0.1, -0.05) is 18.2 Å². The van der Waals surface area contributed by atoms with E-state index in [1.54, 1.807) is 35.2 Å². The summed E-state index contributed by atoms with van der Waals surface area (Å²) in [5.74, 6) is -0.469. The summed E-state index contributed by atoms with van der Waals surface area (Å²) >= 11 is 0. The standard InChI is InChI=1S/C20H19F2N3O2/c1-25-10-9-23-20(25)19(14-4-6-15(21)7-5-14)24-18(26)12-13-3-8-17(27-2)16(22)11-13/h3-11,19H,12H2,1-2H3,(H,24,26)/t19-/m1/s1. The number of halogens is 2. The molecule has 2 aromatic carbocycles. The predicted octanol–water partition coefficient (Wildman–Crippen LogP) is 3.16. The summed E-state index contributed by atoms with van der Waals surface area (Å²) in [6, 6.07) is 9.69. The molecule has 0 fully saturated rings. The van der Waals surface area contributed by atoms with Gasteiger partial charge in [0.2, 0.25) is 5.91 Å². The van der Waals surface area contributed by atoms with Crippen LogP contribution in [0.25, 0.3) is 0 Å². The molecule has 1 amide bonds. The average molecular weight is 371 g/mol. The molecule has 0 bridgehead atoms. The number of nitrogens with zero attached hydrogens (tertiary/aromatic N) is 2. The van der Waals surface area contributed by atoms with Crippen LogP contribution in [0.4, 0.5) is 8.78 Å². The smallest absolute Gasteiger partial charge is 0.225 e. The van der Waals surface area contributed by atoms with E-state index in [9.17, 15) is 13.6 Å². The van der Waals surface area contributed by atoms with Crippen LogP contribution < -0.4 is 10.1 Å². The Morgan fingerprint density at radius 2 is 1.96 bits per heavy atom. The fraction of sp³-hybridized carbons (Fsp3) is 0.200. The number of carbonyl (C=O) groups excluding carboxylic acids is 1. The fourth-order valence-corrected chi connectivity index (χ4v) is 2.82. The van der Waals surface area contributed by atoms with Gasteiger partial charge in [0.05, 0.1) is 13.5 Å². The van der Waals surface area contributed by atoms with Crippen molar-refractivity contribution in [2.45, 2.75) is 12.5 Å². The number of amides is 1. The van der Waals surface area contributed by atoms with Crippen molar-refractivity contribution in [3.63, 3.8) is 0 Å². The monoisotopic (exact) mass is 371 g/mol. The van der Waals surface area contributed by atoms with Crippen LogP contribution in [-0.4, -0.2) is 22.6 Å². The highest BCUT2D eigenvalue weighted by molar-refractivity contribution is 5.79. The molecular weight excluding hydrogens is 352 g/mol. The summed E-state index contributed by atoms with van der Waals surface area (Å²) < 4.78 is 33.8. The van der Waals surface area contributed by atoms with Gasteiger partial charge in [0.1, 0.15) is 17.7 Å². The van der Waals surface area contributed by atoms with E-state index in [-0.39, 0.29) is 23.9 Å². The molecule has 0 aliphatic heterocycles. The minimum Gasteiger partial charge on any atom is -0.494 e. The molecule has 1 N–H and O–H groups in total. The molecular formula is C20H19F2N3O2. The van der Waals surface area contributed by atoms with E-state index in [0.717, 1.165) is 0 Å². The molecule has 7 heteroatoms.